The summed E-state index contributed by atoms with van der Waals surface area (Å²) in [6, 6.07) is 13.8. The third kappa shape index (κ3) is 4.81. The number of hydrogen-bond acceptors (Lipinski definition) is 6. The molecule has 0 spiro atoms. The van der Waals surface area contributed by atoms with Crippen molar-refractivity contribution in [1.82, 2.24) is 4.31 Å². The fourth-order valence-electron chi connectivity index (χ4n) is 3.30. The van der Waals surface area contributed by atoms with Crippen LogP contribution in [-0.2, 0) is 14.8 Å². The highest BCUT2D eigenvalue weighted by atomic mass is 32.2. The van der Waals surface area contributed by atoms with E-state index in [2.05, 4.69) is 11.0 Å². The predicted octanol–water partition coefficient (Wildman–Crippen LogP) is 2.62. The number of carbonyl (C=O) groups is 1. The molecule has 0 radical (unpaired) electrons. The fraction of sp³-hybridized carbons (Fsp3) is 0.364. The van der Waals surface area contributed by atoms with Crippen LogP contribution in [0.1, 0.15) is 25.0 Å². The second-order valence-electron chi connectivity index (χ2n) is 7.89. The summed E-state index contributed by atoms with van der Waals surface area (Å²) in [7, 11) is -3.69. The van der Waals surface area contributed by atoms with Crippen LogP contribution in [0.5, 0.6) is 5.75 Å². The van der Waals surface area contributed by atoms with E-state index in [1.54, 1.807) is 19.1 Å². The first-order valence-electron chi connectivity index (χ1n) is 9.83. The average Bonchev–Trinajstić information content (AvgIpc) is 2.75. The van der Waals surface area contributed by atoms with Crippen LogP contribution >= 0.6 is 0 Å². The minimum absolute atomic E-state index is 0.150. The van der Waals surface area contributed by atoms with Crippen LogP contribution in [0.3, 0.4) is 0 Å². The molecule has 0 bridgehead atoms. The molecule has 1 heterocycles. The Morgan fingerprint density at radius 2 is 1.71 bits per heavy atom. The van der Waals surface area contributed by atoms with Crippen molar-refractivity contribution < 1.29 is 23.1 Å². The zero-order valence-electron chi connectivity index (χ0n) is 17.7. The Labute approximate surface area is 182 Å². The molecule has 0 unspecified atom stereocenters. The summed E-state index contributed by atoms with van der Waals surface area (Å²) in [5.74, 6) is -0.777. The van der Waals surface area contributed by atoms with Crippen LogP contribution in [-0.4, -0.2) is 55.6 Å². The van der Waals surface area contributed by atoms with Crippen molar-refractivity contribution in [2.24, 2.45) is 0 Å². The molecule has 1 aliphatic rings. The zero-order valence-corrected chi connectivity index (χ0v) is 18.5. The quantitative estimate of drug-likeness (QED) is 0.730. The van der Waals surface area contributed by atoms with Gasteiger partial charge in [-0.3, -0.25) is 0 Å². The molecule has 0 aromatic heterocycles. The van der Waals surface area contributed by atoms with Crippen molar-refractivity contribution in [2.45, 2.75) is 31.3 Å². The number of hydrogen-bond donors (Lipinski definition) is 1. The van der Waals surface area contributed by atoms with E-state index in [1.165, 1.54) is 36.4 Å². The van der Waals surface area contributed by atoms with Gasteiger partial charge < -0.3 is 14.7 Å². The van der Waals surface area contributed by atoms with Gasteiger partial charge in [0.15, 0.2) is 5.60 Å². The molecular formula is C22H25N3O5S. The fourth-order valence-corrected chi connectivity index (χ4v) is 4.81. The van der Waals surface area contributed by atoms with Crippen molar-refractivity contribution >= 4 is 21.7 Å². The molecule has 1 saturated heterocycles. The molecule has 0 amide bonds. The number of nitriles is 1. The number of carboxylic acid groups (broad SMARTS) is 1. The predicted molar refractivity (Wildman–Crippen MR) is 116 cm³/mol. The van der Waals surface area contributed by atoms with Gasteiger partial charge >= 0.3 is 5.97 Å². The second kappa shape index (κ2) is 8.57. The van der Waals surface area contributed by atoms with Crippen LogP contribution in [0.2, 0.25) is 0 Å². The van der Waals surface area contributed by atoms with E-state index < -0.39 is 21.6 Å². The number of benzene rings is 2. The molecule has 2 aromatic carbocycles. The molecule has 0 atom stereocenters. The Morgan fingerprint density at radius 3 is 2.23 bits per heavy atom. The van der Waals surface area contributed by atoms with Gasteiger partial charge in [0.2, 0.25) is 10.0 Å². The van der Waals surface area contributed by atoms with E-state index in [4.69, 9.17) is 10.00 Å². The molecule has 3 rings (SSSR count). The molecule has 31 heavy (non-hydrogen) atoms. The van der Waals surface area contributed by atoms with Gasteiger partial charge in [0.1, 0.15) is 5.75 Å². The van der Waals surface area contributed by atoms with E-state index in [1.807, 2.05) is 12.1 Å². The normalized spacial score (nSPS) is 15.4. The Morgan fingerprint density at radius 1 is 1.10 bits per heavy atom. The SMILES string of the molecule is Cc1cc(S(=O)(=O)N2CCN(c3ccc(C#N)cc3)CC2)ccc1OC(C)(C)C(=O)O. The first-order valence-corrected chi connectivity index (χ1v) is 11.3. The molecule has 1 N–H and O–H groups in total. The molecule has 9 heteroatoms. The number of carboxylic acids is 1. The maximum absolute atomic E-state index is 13.1. The largest absolute Gasteiger partial charge is 0.478 e. The Hall–Kier alpha value is -3.09. The Balaban J connectivity index is 1.71. The molecule has 0 saturated carbocycles. The molecule has 8 nitrogen and oxygen atoms in total. The molecule has 1 aliphatic heterocycles. The lowest BCUT2D eigenvalue weighted by molar-refractivity contribution is -0.152. The van der Waals surface area contributed by atoms with Crippen molar-refractivity contribution in [3.63, 3.8) is 0 Å². The Kier molecular flexibility index (Phi) is 6.25. The van der Waals surface area contributed by atoms with Crippen molar-refractivity contribution in [1.29, 1.82) is 5.26 Å². The third-order valence-electron chi connectivity index (χ3n) is 5.26. The topological polar surface area (TPSA) is 111 Å². The lowest BCUT2D eigenvalue weighted by Crippen LogP contribution is -2.48. The average molecular weight is 444 g/mol. The van der Waals surface area contributed by atoms with Crippen LogP contribution in [0, 0.1) is 18.3 Å². The Bertz CT molecular complexity index is 1110. The lowest BCUT2D eigenvalue weighted by Gasteiger charge is -2.35. The third-order valence-corrected chi connectivity index (χ3v) is 7.16. The summed E-state index contributed by atoms with van der Waals surface area (Å²) in [6.45, 7) is 6.32. The number of sulfonamides is 1. The van der Waals surface area contributed by atoms with Crippen molar-refractivity contribution in [2.75, 3.05) is 31.1 Å². The van der Waals surface area contributed by atoms with Crippen LogP contribution in [0.25, 0.3) is 0 Å². The summed E-state index contributed by atoms with van der Waals surface area (Å²) >= 11 is 0. The highest BCUT2D eigenvalue weighted by molar-refractivity contribution is 7.89. The van der Waals surface area contributed by atoms with E-state index in [0.29, 0.717) is 43.1 Å². The highest BCUT2D eigenvalue weighted by Crippen LogP contribution is 2.28. The van der Waals surface area contributed by atoms with Gasteiger partial charge in [-0.1, -0.05) is 0 Å². The smallest absolute Gasteiger partial charge is 0.347 e. The summed E-state index contributed by atoms with van der Waals surface area (Å²) in [5, 5.41) is 18.1. The van der Waals surface area contributed by atoms with Crippen LogP contribution < -0.4 is 9.64 Å². The maximum atomic E-state index is 13.1. The van der Waals surface area contributed by atoms with E-state index >= 15 is 0 Å². The number of nitrogens with zero attached hydrogens (tertiary/aromatic N) is 3. The summed E-state index contributed by atoms with van der Waals surface area (Å²) in [5.41, 5.74) is 0.660. The first kappa shape index (κ1) is 22.6. The van der Waals surface area contributed by atoms with Crippen LogP contribution in [0.15, 0.2) is 47.4 Å². The second-order valence-corrected chi connectivity index (χ2v) is 9.83. The monoisotopic (exact) mass is 443 g/mol. The van der Waals surface area contributed by atoms with E-state index in [-0.39, 0.29) is 4.90 Å². The molecule has 2 aromatic rings. The van der Waals surface area contributed by atoms with Gasteiger partial charge in [-0.25, -0.2) is 13.2 Å². The van der Waals surface area contributed by atoms with Crippen molar-refractivity contribution in [3.05, 3.63) is 53.6 Å². The van der Waals surface area contributed by atoms with Gasteiger partial charge in [-0.05, 0) is 68.8 Å². The number of piperazine rings is 1. The molecule has 1 fully saturated rings. The van der Waals surface area contributed by atoms with Crippen LogP contribution in [0.4, 0.5) is 5.69 Å². The molecular weight excluding hydrogens is 418 g/mol. The van der Waals surface area contributed by atoms with Gasteiger partial charge in [0.25, 0.3) is 0 Å². The minimum atomic E-state index is -3.69. The lowest BCUT2D eigenvalue weighted by atomic mass is 10.1. The van der Waals surface area contributed by atoms with Gasteiger partial charge in [-0.2, -0.15) is 9.57 Å². The minimum Gasteiger partial charge on any atom is -0.478 e. The van der Waals surface area contributed by atoms with Gasteiger partial charge in [0, 0.05) is 31.9 Å². The number of rotatable bonds is 6. The van der Waals surface area contributed by atoms with Crippen molar-refractivity contribution in [3.8, 4) is 11.8 Å². The molecule has 164 valence electrons. The summed E-state index contributed by atoms with van der Waals surface area (Å²) in [4.78, 5) is 13.5. The molecule has 0 aliphatic carbocycles. The number of anilines is 1. The number of aryl methyl sites for hydroxylation is 1. The summed E-state index contributed by atoms with van der Waals surface area (Å²) in [6.07, 6.45) is 0. The standard InChI is InChI=1S/C22H25N3O5S/c1-16-14-19(8-9-20(16)30-22(2,3)21(26)27)31(28,29)25-12-10-24(11-13-25)18-6-4-17(15-23)5-7-18/h4-9,14H,10-13H2,1-3H3,(H,26,27). The highest BCUT2D eigenvalue weighted by Gasteiger charge is 2.32. The number of ether oxygens (including phenoxy) is 1. The number of aliphatic carboxylic acids is 1. The van der Waals surface area contributed by atoms with Gasteiger partial charge in [0.05, 0.1) is 16.5 Å². The zero-order chi connectivity index (χ0) is 22.8. The summed E-state index contributed by atoms with van der Waals surface area (Å²) < 4.78 is 33.2. The van der Waals surface area contributed by atoms with E-state index in [9.17, 15) is 18.3 Å². The van der Waals surface area contributed by atoms with Gasteiger partial charge in [-0.15, -0.1) is 0 Å². The van der Waals surface area contributed by atoms with E-state index in [0.717, 1.165) is 5.69 Å². The maximum Gasteiger partial charge on any atom is 0.347 e. The first-order chi connectivity index (χ1) is 14.5.